The van der Waals surface area contributed by atoms with Gasteiger partial charge >= 0.3 is 0 Å². The summed E-state index contributed by atoms with van der Waals surface area (Å²) in [6.45, 7) is 0. The second-order valence-electron chi connectivity index (χ2n) is 4.27. The van der Waals surface area contributed by atoms with Gasteiger partial charge in [0.1, 0.15) is 0 Å². The number of hydrogen-bond acceptors (Lipinski definition) is 5. The Morgan fingerprint density at radius 1 is 1.35 bits per heavy atom. The third kappa shape index (κ3) is 5.20. The highest BCUT2D eigenvalue weighted by Crippen LogP contribution is 2.35. The molecule has 0 aromatic heterocycles. The van der Waals surface area contributed by atoms with Gasteiger partial charge in [0, 0.05) is 21.5 Å². The third-order valence-electron chi connectivity index (χ3n) is 2.61. The molecule has 0 amide bonds. The van der Waals surface area contributed by atoms with Gasteiger partial charge in [-0.2, -0.15) is 5.10 Å². The molecule has 2 aromatic rings. The van der Waals surface area contributed by atoms with Crippen LogP contribution < -0.4 is 11.2 Å². The second-order valence-corrected chi connectivity index (χ2v) is 6.27. The average molecular weight is 367 g/mol. The molecule has 9 heteroatoms. The second kappa shape index (κ2) is 7.91. The molecule has 0 heterocycles. The zero-order chi connectivity index (χ0) is 16.8. The van der Waals surface area contributed by atoms with Crippen molar-refractivity contribution in [2.45, 2.75) is 9.79 Å². The van der Waals surface area contributed by atoms with E-state index in [-0.39, 0.29) is 10.8 Å². The summed E-state index contributed by atoms with van der Waals surface area (Å²) in [4.78, 5) is 12.2. The van der Waals surface area contributed by atoms with Crippen LogP contribution in [0.2, 0.25) is 5.02 Å². The molecule has 0 aliphatic rings. The van der Waals surface area contributed by atoms with E-state index in [0.717, 1.165) is 4.90 Å². The molecule has 118 valence electrons. The summed E-state index contributed by atoms with van der Waals surface area (Å²) < 4.78 is 0. The minimum Gasteiger partial charge on any atom is -0.375 e. The number of thiocarbonyl (C=S) groups is 1. The number of nitrogens with two attached hydrogens (primary N) is 1. The van der Waals surface area contributed by atoms with Crippen LogP contribution in [0.5, 0.6) is 0 Å². The van der Waals surface area contributed by atoms with Crippen LogP contribution in [0, 0.1) is 10.1 Å². The third-order valence-corrected chi connectivity index (χ3v) is 4.03. The van der Waals surface area contributed by atoms with Crippen molar-refractivity contribution in [3.8, 4) is 0 Å². The van der Waals surface area contributed by atoms with Gasteiger partial charge in [-0.3, -0.25) is 15.5 Å². The highest BCUT2D eigenvalue weighted by Gasteiger charge is 2.15. The number of rotatable bonds is 5. The molecular formula is C14H11ClN4O2S2. The number of nitrogens with zero attached hydrogens (tertiary/aromatic N) is 2. The number of nitrogens with one attached hydrogen (secondary N) is 1. The minimum absolute atomic E-state index is 0.00998. The fraction of sp³-hybridized carbons (Fsp3) is 0. The van der Waals surface area contributed by atoms with Crippen LogP contribution in [0.25, 0.3) is 0 Å². The topological polar surface area (TPSA) is 93.5 Å². The monoisotopic (exact) mass is 366 g/mol. The summed E-state index contributed by atoms with van der Waals surface area (Å²) in [5.74, 6) is 0. The van der Waals surface area contributed by atoms with Gasteiger partial charge in [-0.05, 0) is 42.5 Å². The van der Waals surface area contributed by atoms with Crippen LogP contribution in [0.3, 0.4) is 0 Å². The Morgan fingerprint density at radius 3 is 2.65 bits per heavy atom. The lowest BCUT2D eigenvalue weighted by atomic mass is 10.2. The van der Waals surface area contributed by atoms with Crippen LogP contribution in [-0.2, 0) is 0 Å². The Bertz CT molecular complexity index is 766. The van der Waals surface area contributed by atoms with Crippen molar-refractivity contribution in [2.24, 2.45) is 10.8 Å². The van der Waals surface area contributed by atoms with Crippen LogP contribution in [0.15, 0.2) is 57.4 Å². The number of halogens is 1. The van der Waals surface area contributed by atoms with Crippen LogP contribution in [0.4, 0.5) is 5.69 Å². The lowest BCUT2D eigenvalue weighted by Gasteiger charge is -2.04. The molecule has 0 saturated carbocycles. The van der Waals surface area contributed by atoms with E-state index in [1.54, 1.807) is 36.4 Å². The van der Waals surface area contributed by atoms with E-state index in [9.17, 15) is 10.1 Å². The van der Waals surface area contributed by atoms with Gasteiger partial charge in [0.15, 0.2) is 5.11 Å². The van der Waals surface area contributed by atoms with Crippen molar-refractivity contribution in [1.82, 2.24) is 5.43 Å². The lowest BCUT2D eigenvalue weighted by Crippen LogP contribution is -2.23. The zero-order valence-electron chi connectivity index (χ0n) is 11.6. The van der Waals surface area contributed by atoms with Crippen LogP contribution in [-0.4, -0.2) is 16.3 Å². The van der Waals surface area contributed by atoms with E-state index < -0.39 is 4.92 Å². The first-order valence-electron chi connectivity index (χ1n) is 6.26. The molecule has 0 aliphatic carbocycles. The molecule has 0 fully saturated rings. The number of hydrogen-bond donors (Lipinski definition) is 2. The molecule has 0 spiro atoms. The first-order chi connectivity index (χ1) is 11.0. The largest absolute Gasteiger partial charge is 0.375 e. The molecule has 0 aliphatic heterocycles. The Balaban J connectivity index is 2.25. The maximum absolute atomic E-state index is 11.3. The molecule has 0 saturated heterocycles. The number of hydrazone groups is 1. The summed E-state index contributed by atoms with van der Waals surface area (Å²) in [6.07, 6.45) is 1.41. The Hall–Kier alpha value is -2.16. The fourth-order valence-corrected chi connectivity index (χ4v) is 2.72. The van der Waals surface area contributed by atoms with E-state index in [1.807, 2.05) is 0 Å². The highest BCUT2D eigenvalue weighted by atomic mass is 35.5. The van der Waals surface area contributed by atoms with E-state index in [2.05, 4.69) is 22.7 Å². The van der Waals surface area contributed by atoms with Gasteiger partial charge in [-0.15, -0.1) is 0 Å². The molecule has 0 radical (unpaired) electrons. The SMILES string of the molecule is NC(=S)N/N=C/c1ccc(Sc2ccc(Cl)cc2)c([N+](=O)[O-])c1. The predicted octanol–water partition coefficient (Wildman–Crippen LogP) is 3.57. The van der Waals surface area contributed by atoms with Gasteiger partial charge in [0.05, 0.1) is 16.0 Å². The highest BCUT2D eigenvalue weighted by molar-refractivity contribution is 7.99. The van der Waals surface area contributed by atoms with Crippen molar-refractivity contribution >= 4 is 52.6 Å². The molecule has 2 rings (SSSR count). The molecule has 23 heavy (non-hydrogen) atoms. The van der Waals surface area contributed by atoms with Crippen molar-refractivity contribution in [3.63, 3.8) is 0 Å². The quantitative estimate of drug-likeness (QED) is 0.363. The average Bonchev–Trinajstić information content (AvgIpc) is 2.50. The van der Waals surface area contributed by atoms with Gasteiger partial charge in [0.2, 0.25) is 0 Å². The van der Waals surface area contributed by atoms with Gasteiger partial charge < -0.3 is 5.73 Å². The van der Waals surface area contributed by atoms with Crippen molar-refractivity contribution in [2.75, 3.05) is 0 Å². The minimum atomic E-state index is -0.434. The van der Waals surface area contributed by atoms with Gasteiger partial charge in [0.25, 0.3) is 5.69 Å². The molecule has 2 aromatic carbocycles. The van der Waals surface area contributed by atoms with E-state index in [1.165, 1.54) is 24.0 Å². The Labute approximate surface area is 146 Å². The first-order valence-corrected chi connectivity index (χ1v) is 7.86. The van der Waals surface area contributed by atoms with E-state index in [4.69, 9.17) is 17.3 Å². The normalized spacial score (nSPS) is 10.7. The van der Waals surface area contributed by atoms with E-state index in [0.29, 0.717) is 15.5 Å². The van der Waals surface area contributed by atoms with Crippen LogP contribution in [0.1, 0.15) is 5.56 Å². The van der Waals surface area contributed by atoms with Gasteiger partial charge in [-0.25, -0.2) is 0 Å². The van der Waals surface area contributed by atoms with Crippen molar-refractivity contribution in [3.05, 3.63) is 63.2 Å². The summed E-state index contributed by atoms with van der Waals surface area (Å²) in [6, 6.07) is 11.9. The van der Waals surface area contributed by atoms with Crippen molar-refractivity contribution < 1.29 is 4.92 Å². The Kier molecular flexibility index (Phi) is 5.91. The fourth-order valence-electron chi connectivity index (χ4n) is 1.64. The molecule has 0 unspecified atom stereocenters. The summed E-state index contributed by atoms with van der Waals surface area (Å²) in [7, 11) is 0. The Morgan fingerprint density at radius 2 is 2.04 bits per heavy atom. The number of nitro benzene ring substituents is 1. The molecule has 0 atom stereocenters. The zero-order valence-corrected chi connectivity index (χ0v) is 14.0. The predicted molar refractivity (Wildman–Crippen MR) is 96.2 cm³/mol. The maximum atomic E-state index is 11.3. The first kappa shape index (κ1) is 17.2. The van der Waals surface area contributed by atoms with Gasteiger partial charge in [-0.1, -0.05) is 29.4 Å². The maximum Gasteiger partial charge on any atom is 0.283 e. The van der Waals surface area contributed by atoms with E-state index >= 15 is 0 Å². The molecule has 3 N–H and O–H groups in total. The lowest BCUT2D eigenvalue weighted by molar-refractivity contribution is -0.387. The van der Waals surface area contributed by atoms with Crippen molar-refractivity contribution in [1.29, 1.82) is 0 Å². The molecule has 6 nitrogen and oxygen atoms in total. The number of benzene rings is 2. The summed E-state index contributed by atoms with van der Waals surface area (Å²) in [5, 5.41) is 15.7. The summed E-state index contributed by atoms with van der Waals surface area (Å²) >= 11 is 11.7. The molecular weight excluding hydrogens is 356 g/mol. The van der Waals surface area contributed by atoms with Crippen LogP contribution >= 0.6 is 35.6 Å². The smallest absolute Gasteiger partial charge is 0.283 e. The summed E-state index contributed by atoms with van der Waals surface area (Å²) in [5.41, 5.74) is 8.18. The standard InChI is InChI=1S/C14H11ClN4O2S2/c15-10-2-4-11(5-3-10)23-13-6-1-9(7-12(13)19(20)21)8-17-18-14(16)22/h1-8H,(H3,16,18,22)/b17-8+. The number of nitro groups is 1. The molecule has 0 bridgehead atoms.